The molecule has 0 N–H and O–H groups in total. The van der Waals surface area contributed by atoms with Gasteiger partial charge in [-0.05, 0) is 38.0 Å². The summed E-state index contributed by atoms with van der Waals surface area (Å²) in [4.78, 5) is 0. The summed E-state index contributed by atoms with van der Waals surface area (Å²) in [6.07, 6.45) is 1.67. The van der Waals surface area contributed by atoms with E-state index in [-0.39, 0.29) is 0 Å². The van der Waals surface area contributed by atoms with Gasteiger partial charge >= 0.3 is 0 Å². The average Bonchev–Trinajstić information content (AvgIpc) is 3.12. The van der Waals surface area contributed by atoms with Crippen molar-refractivity contribution in [1.29, 1.82) is 0 Å². The van der Waals surface area contributed by atoms with Crippen LogP contribution < -0.4 is 4.74 Å². The number of benzene rings is 1. The molecule has 0 bridgehead atoms. The van der Waals surface area contributed by atoms with E-state index in [1.54, 1.807) is 18.0 Å². The molecule has 6 heteroatoms. The van der Waals surface area contributed by atoms with Gasteiger partial charge in [-0.1, -0.05) is 30.0 Å². The molecule has 0 radical (unpaired) electrons. The van der Waals surface area contributed by atoms with Crippen molar-refractivity contribution in [2.75, 3.05) is 12.4 Å². The van der Waals surface area contributed by atoms with Crippen molar-refractivity contribution in [3.63, 3.8) is 0 Å². The van der Waals surface area contributed by atoms with Gasteiger partial charge in [0.2, 0.25) is 0 Å². The highest BCUT2D eigenvalue weighted by Gasteiger charge is 2.14. The summed E-state index contributed by atoms with van der Waals surface area (Å²) in [6.45, 7) is 6.69. The minimum absolute atomic E-state index is 0.628. The van der Waals surface area contributed by atoms with Crippen LogP contribution in [0, 0.1) is 20.8 Å². The van der Waals surface area contributed by atoms with E-state index in [0.717, 1.165) is 44.9 Å². The van der Waals surface area contributed by atoms with Crippen LogP contribution in [0.4, 0.5) is 0 Å². The van der Waals surface area contributed by atoms with Crippen molar-refractivity contribution in [1.82, 2.24) is 14.8 Å². The van der Waals surface area contributed by atoms with Gasteiger partial charge < -0.3 is 13.7 Å². The zero-order valence-corrected chi connectivity index (χ0v) is 15.2. The topological polar surface area (TPSA) is 53.1 Å². The molecule has 5 nitrogen and oxygen atoms in total. The smallest absolute Gasteiger partial charge is 0.191 e. The Labute approximate surface area is 146 Å². The van der Waals surface area contributed by atoms with E-state index in [0.29, 0.717) is 6.61 Å². The second-order valence-electron chi connectivity index (χ2n) is 5.67. The number of aromatic nitrogens is 3. The third-order valence-electron chi connectivity index (χ3n) is 3.90. The first-order chi connectivity index (χ1) is 11.6. The van der Waals surface area contributed by atoms with Crippen molar-refractivity contribution in [3.8, 4) is 17.1 Å². The van der Waals surface area contributed by atoms with Crippen molar-refractivity contribution in [3.05, 3.63) is 47.4 Å². The molecule has 2 aromatic heterocycles. The maximum Gasteiger partial charge on any atom is 0.191 e. The fraction of sp³-hybridized carbons (Fsp3) is 0.333. The van der Waals surface area contributed by atoms with Crippen LogP contribution in [-0.4, -0.2) is 27.1 Å². The molecule has 0 amide bonds. The molecule has 0 unspecified atom stereocenters. The highest BCUT2D eigenvalue weighted by molar-refractivity contribution is 7.99. The Hall–Kier alpha value is -2.21. The molecular weight excluding hydrogens is 322 g/mol. The second kappa shape index (κ2) is 7.13. The number of ether oxygens (including phenoxy) is 1. The van der Waals surface area contributed by atoms with Gasteiger partial charge in [0, 0.05) is 12.8 Å². The first-order valence-corrected chi connectivity index (χ1v) is 8.82. The average molecular weight is 343 g/mol. The molecule has 24 heavy (non-hydrogen) atoms. The molecule has 3 aromatic rings. The lowest BCUT2D eigenvalue weighted by molar-refractivity contribution is 0.339. The van der Waals surface area contributed by atoms with Gasteiger partial charge in [-0.2, -0.15) is 0 Å². The van der Waals surface area contributed by atoms with Gasteiger partial charge in [-0.3, -0.25) is 0 Å². The summed E-state index contributed by atoms with van der Waals surface area (Å²) in [5, 5.41) is 9.42. The van der Waals surface area contributed by atoms with E-state index in [2.05, 4.69) is 36.2 Å². The quantitative estimate of drug-likeness (QED) is 0.496. The van der Waals surface area contributed by atoms with Crippen LogP contribution >= 0.6 is 11.8 Å². The van der Waals surface area contributed by atoms with Crippen molar-refractivity contribution >= 4 is 11.8 Å². The number of rotatable bonds is 6. The molecule has 1 aromatic carbocycles. The van der Waals surface area contributed by atoms with Crippen LogP contribution in [0.2, 0.25) is 0 Å². The highest BCUT2D eigenvalue weighted by atomic mass is 32.2. The highest BCUT2D eigenvalue weighted by Crippen LogP contribution is 2.26. The number of para-hydroxylation sites is 1. The normalized spacial score (nSPS) is 11.0. The first-order valence-electron chi connectivity index (χ1n) is 7.83. The maximum absolute atomic E-state index is 5.93. The fourth-order valence-corrected chi connectivity index (χ4v) is 3.32. The minimum atomic E-state index is 0.628. The number of hydrogen-bond donors (Lipinski definition) is 0. The van der Waals surface area contributed by atoms with Gasteiger partial charge in [-0.15, -0.1) is 10.2 Å². The number of aryl methyl sites for hydroxylation is 3. The Morgan fingerprint density at radius 2 is 1.88 bits per heavy atom. The number of thioether (sulfide) groups is 1. The maximum atomic E-state index is 5.93. The van der Waals surface area contributed by atoms with E-state index in [1.807, 2.05) is 30.7 Å². The van der Waals surface area contributed by atoms with Crippen LogP contribution in [0.3, 0.4) is 0 Å². The third-order valence-corrected chi connectivity index (χ3v) is 4.89. The summed E-state index contributed by atoms with van der Waals surface area (Å²) in [6, 6.07) is 8.10. The van der Waals surface area contributed by atoms with E-state index < -0.39 is 0 Å². The van der Waals surface area contributed by atoms with E-state index in [1.165, 1.54) is 0 Å². The van der Waals surface area contributed by atoms with Crippen LogP contribution in [0.5, 0.6) is 5.75 Å². The standard InChI is InChI=1S/C18H21N3O2S/c1-12-6-5-7-13(2)16(12)23-10-11-24-18-20-19-17(21(18)4)15-8-9-22-14(15)3/h5-9H,10-11H2,1-4H3. The molecule has 0 atom stereocenters. The zero-order valence-electron chi connectivity index (χ0n) is 14.4. The first kappa shape index (κ1) is 16.6. The third kappa shape index (κ3) is 3.33. The molecule has 0 spiro atoms. The Morgan fingerprint density at radius 3 is 2.54 bits per heavy atom. The molecule has 3 rings (SSSR count). The molecule has 0 saturated carbocycles. The largest absolute Gasteiger partial charge is 0.492 e. The Morgan fingerprint density at radius 1 is 1.12 bits per heavy atom. The van der Waals surface area contributed by atoms with Gasteiger partial charge in [0.15, 0.2) is 11.0 Å². The second-order valence-corrected chi connectivity index (χ2v) is 6.74. The molecule has 0 aliphatic heterocycles. The number of nitrogens with zero attached hydrogens (tertiary/aromatic N) is 3. The van der Waals surface area contributed by atoms with Gasteiger partial charge in [0.05, 0.1) is 18.4 Å². The molecule has 0 aliphatic rings. The molecule has 2 heterocycles. The lowest BCUT2D eigenvalue weighted by Gasteiger charge is -2.11. The molecule has 126 valence electrons. The van der Waals surface area contributed by atoms with Gasteiger partial charge in [0.25, 0.3) is 0 Å². The van der Waals surface area contributed by atoms with E-state index in [4.69, 9.17) is 9.15 Å². The minimum Gasteiger partial charge on any atom is -0.492 e. The summed E-state index contributed by atoms with van der Waals surface area (Å²) in [7, 11) is 1.97. The number of hydrogen-bond acceptors (Lipinski definition) is 5. The lowest BCUT2D eigenvalue weighted by atomic mass is 10.1. The summed E-state index contributed by atoms with van der Waals surface area (Å²) < 4.78 is 13.3. The SMILES string of the molecule is Cc1cccc(C)c1OCCSc1nnc(-c2ccoc2C)n1C. The van der Waals surface area contributed by atoms with Crippen molar-refractivity contribution < 1.29 is 9.15 Å². The lowest BCUT2D eigenvalue weighted by Crippen LogP contribution is -2.04. The Balaban J connectivity index is 1.60. The van der Waals surface area contributed by atoms with Crippen LogP contribution in [0.1, 0.15) is 16.9 Å². The van der Waals surface area contributed by atoms with Crippen LogP contribution in [-0.2, 0) is 7.05 Å². The van der Waals surface area contributed by atoms with Crippen LogP contribution in [0.15, 0.2) is 40.1 Å². The van der Waals surface area contributed by atoms with E-state index >= 15 is 0 Å². The predicted molar refractivity (Wildman–Crippen MR) is 95.6 cm³/mol. The Kier molecular flexibility index (Phi) is 4.94. The zero-order chi connectivity index (χ0) is 17.1. The molecule has 0 aliphatic carbocycles. The molecule has 0 saturated heterocycles. The fourth-order valence-electron chi connectivity index (χ4n) is 2.60. The predicted octanol–water partition coefficient (Wildman–Crippen LogP) is 4.17. The summed E-state index contributed by atoms with van der Waals surface area (Å²) >= 11 is 1.64. The van der Waals surface area contributed by atoms with Crippen molar-refractivity contribution in [2.45, 2.75) is 25.9 Å². The van der Waals surface area contributed by atoms with Crippen LogP contribution in [0.25, 0.3) is 11.4 Å². The van der Waals surface area contributed by atoms with Crippen molar-refractivity contribution in [2.24, 2.45) is 7.05 Å². The summed E-state index contributed by atoms with van der Waals surface area (Å²) in [5.74, 6) is 3.45. The van der Waals surface area contributed by atoms with Gasteiger partial charge in [-0.25, -0.2) is 0 Å². The molecular formula is C18H21N3O2S. The number of furan rings is 1. The monoisotopic (exact) mass is 343 g/mol. The molecule has 0 fully saturated rings. The summed E-state index contributed by atoms with van der Waals surface area (Å²) in [5.41, 5.74) is 3.30. The van der Waals surface area contributed by atoms with Gasteiger partial charge in [0.1, 0.15) is 11.5 Å². The Bertz CT molecular complexity index is 818. The van der Waals surface area contributed by atoms with E-state index in [9.17, 15) is 0 Å².